The van der Waals surface area contributed by atoms with Crippen molar-refractivity contribution in [1.82, 2.24) is 24.4 Å². The van der Waals surface area contributed by atoms with Gasteiger partial charge < -0.3 is 5.32 Å². The molecular formula is C26H23FN6O. The van der Waals surface area contributed by atoms with Crippen molar-refractivity contribution >= 4 is 17.2 Å². The number of carbonyl (C=O) groups excluding carboxylic acids is 1. The second-order valence-corrected chi connectivity index (χ2v) is 8.24. The van der Waals surface area contributed by atoms with Gasteiger partial charge in [-0.15, -0.1) is 0 Å². The molecule has 0 bridgehead atoms. The minimum absolute atomic E-state index is 0.271. The monoisotopic (exact) mass is 454 g/mol. The van der Waals surface area contributed by atoms with E-state index in [4.69, 9.17) is 0 Å². The van der Waals surface area contributed by atoms with Gasteiger partial charge in [0.15, 0.2) is 5.65 Å². The summed E-state index contributed by atoms with van der Waals surface area (Å²) in [6.07, 6.45) is 3.19. The molecule has 0 atom stereocenters. The van der Waals surface area contributed by atoms with E-state index in [2.05, 4.69) is 20.5 Å². The van der Waals surface area contributed by atoms with Crippen LogP contribution < -0.4 is 5.32 Å². The van der Waals surface area contributed by atoms with Gasteiger partial charge in [-0.25, -0.2) is 13.9 Å². The Morgan fingerprint density at radius 1 is 1.03 bits per heavy atom. The molecule has 8 heteroatoms. The molecule has 0 saturated heterocycles. The smallest absolute Gasteiger partial charge is 0.261 e. The Kier molecular flexibility index (Phi) is 5.41. The van der Waals surface area contributed by atoms with Crippen LogP contribution in [0.3, 0.4) is 0 Å². The fraction of sp³-hybridized carbons (Fsp3) is 0.154. The Morgan fingerprint density at radius 2 is 1.79 bits per heavy atom. The number of aryl methyl sites for hydroxylation is 2. The molecule has 0 saturated carbocycles. The number of nitrogens with zero attached hydrogens (tertiary/aromatic N) is 5. The molecule has 0 radical (unpaired) electrons. The van der Waals surface area contributed by atoms with Crippen LogP contribution in [-0.4, -0.2) is 30.3 Å². The summed E-state index contributed by atoms with van der Waals surface area (Å²) in [6.45, 7) is 5.96. The summed E-state index contributed by atoms with van der Waals surface area (Å²) >= 11 is 0. The molecule has 2 aromatic carbocycles. The molecule has 170 valence electrons. The quantitative estimate of drug-likeness (QED) is 0.407. The molecule has 1 amide bonds. The number of benzene rings is 2. The van der Waals surface area contributed by atoms with Gasteiger partial charge in [0, 0.05) is 17.3 Å². The topological polar surface area (TPSA) is 77.1 Å². The van der Waals surface area contributed by atoms with Crippen molar-refractivity contribution < 1.29 is 9.18 Å². The average Bonchev–Trinajstić information content (AvgIpc) is 3.38. The number of carbonyl (C=O) groups is 1. The predicted molar refractivity (Wildman–Crippen MR) is 128 cm³/mol. The van der Waals surface area contributed by atoms with E-state index in [1.54, 1.807) is 33.6 Å². The summed E-state index contributed by atoms with van der Waals surface area (Å²) in [4.78, 5) is 17.6. The minimum atomic E-state index is -0.333. The van der Waals surface area contributed by atoms with Crippen molar-refractivity contribution in [1.29, 1.82) is 0 Å². The Labute approximate surface area is 195 Å². The predicted octanol–water partition coefficient (Wildman–Crippen LogP) is 4.96. The number of anilines is 1. The summed E-state index contributed by atoms with van der Waals surface area (Å²) < 4.78 is 17.5. The van der Waals surface area contributed by atoms with Crippen molar-refractivity contribution in [3.8, 4) is 11.3 Å². The molecule has 34 heavy (non-hydrogen) atoms. The van der Waals surface area contributed by atoms with Crippen LogP contribution in [0.25, 0.3) is 16.9 Å². The molecule has 5 aromatic rings. The van der Waals surface area contributed by atoms with Gasteiger partial charge in [-0.2, -0.15) is 10.2 Å². The highest BCUT2D eigenvalue weighted by atomic mass is 19.1. The number of halogens is 1. The fourth-order valence-electron chi connectivity index (χ4n) is 4.00. The van der Waals surface area contributed by atoms with Gasteiger partial charge in [0.05, 0.1) is 35.5 Å². The number of fused-ring (bicyclic) bond motifs is 1. The van der Waals surface area contributed by atoms with Crippen molar-refractivity contribution in [2.24, 2.45) is 0 Å². The highest BCUT2D eigenvalue weighted by Gasteiger charge is 2.20. The zero-order valence-electron chi connectivity index (χ0n) is 19.1. The molecule has 0 aliphatic heterocycles. The normalized spacial score (nSPS) is 11.2. The molecule has 0 spiro atoms. The number of aromatic nitrogens is 5. The molecular weight excluding hydrogens is 431 g/mol. The molecule has 0 aliphatic carbocycles. The standard InChI is InChI=1S/C26H23FN6O/c1-16-8-10-19(11-9-16)23-12-13-28-25-21(14-29-33(23)25)26(34)30-24-17(2)31-32(18(24)3)15-20-6-4-5-7-22(20)27/h4-14H,15H2,1-3H3,(H,30,34). The molecule has 3 heterocycles. The van der Waals surface area contributed by atoms with Crippen LogP contribution in [0.5, 0.6) is 0 Å². The first-order valence-corrected chi connectivity index (χ1v) is 10.9. The number of amides is 1. The lowest BCUT2D eigenvalue weighted by Crippen LogP contribution is -2.14. The third kappa shape index (κ3) is 3.83. The van der Waals surface area contributed by atoms with Crippen LogP contribution in [0.1, 0.15) is 32.9 Å². The van der Waals surface area contributed by atoms with Crippen molar-refractivity contribution in [2.75, 3.05) is 5.32 Å². The Morgan fingerprint density at radius 3 is 2.56 bits per heavy atom. The molecule has 1 N–H and O–H groups in total. The van der Waals surface area contributed by atoms with Crippen LogP contribution in [0, 0.1) is 26.6 Å². The van der Waals surface area contributed by atoms with Crippen LogP contribution >= 0.6 is 0 Å². The molecule has 0 aliphatic rings. The van der Waals surface area contributed by atoms with Gasteiger partial charge in [0.25, 0.3) is 5.91 Å². The van der Waals surface area contributed by atoms with Crippen molar-refractivity contribution in [3.05, 3.63) is 101 Å². The SMILES string of the molecule is Cc1ccc(-c2ccnc3c(C(=O)Nc4c(C)nn(Cc5ccccc5F)c4C)cnn23)cc1. The maximum absolute atomic E-state index is 14.1. The Balaban J connectivity index is 1.45. The van der Waals surface area contributed by atoms with Crippen LogP contribution in [0.4, 0.5) is 10.1 Å². The van der Waals surface area contributed by atoms with E-state index in [9.17, 15) is 9.18 Å². The zero-order chi connectivity index (χ0) is 23.8. The second-order valence-electron chi connectivity index (χ2n) is 8.24. The summed E-state index contributed by atoms with van der Waals surface area (Å²) in [5.41, 5.74) is 6.31. The minimum Gasteiger partial charge on any atom is -0.319 e. The zero-order valence-corrected chi connectivity index (χ0v) is 19.1. The lowest BCUT2D eigenvalue weighted by atomic mass is 10.1. The Bertz CT molecular complexity index is 1520. The summed E-state index contributed by atoms with van der Waals surface area (Å²) in [5, 5.41) is 11.9. The first kappa shape index (κ1) is 21.5. The maximum Gasteiger partial charge on any atom is 0.261 e. The third-order valence-electron chi connectivity index (χ3n) is 5.89. The van der Waals surface area contributed by atoms with Crippen molar-refractivity contribution in [3.63, 3.8) is 0 Å². The van der Waals surface area contributed by atoms with E-state index < -0.39 is 0 Å². The maximum atomic E-state index is 14.1. The number of nitrogens with one attached hydrogen (secondary N) is 1. The first-order valence-electron chi connectivity index (χ1n) is 10.9. The summed E-state index contributed by atoms with van der Waals surface area (Å²) in [6, 6.07) is 16.5. The highest BCUT2D eigenvalue weighted by Crippen LogP contribution is 2.24. The molecule has 7 nitrogen and oxygen atoms in total. The van der Waals surface area contributed by atoms with Gasteiger partial charge in [-0.3, -0.25) is 9.48 Å². The second kappa shape index (κ2) is 8.55. The average molecular weight is 455 g/mol. The van der Waals surface area contributed by atoms with Crippen LogP contribution in [0.15, 0.2) is 67.0 Å². The summed E-state index contributed by atoms with van der Waals surface area (Å²) in [5.74, 6) is -0.623. The van der Waals surface area contributed by atoms with E-state index in [-0.39, 0.29) is 18.3 Å². The van der Waals surface area contributed by atoms with Gasteiger partial charge in [-0.05, 0) is 32.9 Å². The number of rotatable bonds is 5. The van der Waals surface area contributed by atoms with E-state index in [0.29, 0.717) is 28.2 Å². The fourth-order valence-corrected chi connectivity index (χ4v) is 4.00. The molecule has 3 aromatic heterocycles. The Hall–Kier alpha value is -4.33. The van der Waals surface area contributed by atoms with E-state index in [1.165, 1.54) is 12.3 Å². The van der Waals surface area contributed by atoms with Gasteiger partial charge in [-0.1, -0.05) is 48.0 Å². The van der Waals surface area contributed by atoms with E-state index in [1.807, 2.05) is 51.1 Å². The van der Waals surface area contributed by atoms with E-state index >= 15 is 0 Å². The van der Waals surface area contributed by atoms with Crippen molar-refractivity contribution in [2.45, 2.75) is 27.3 Å². The van der Waals surface area contributed by atoms with Gasteiger partial charge in [0.2, 0.25) is 0 Å². The van der Waals surface area contributed by atoms with Crippen LogP contribution in [-0.2, 0) is 6.54 Å². The summed E-state index contributed by atoms with van der Waals surface area (Å²) in [7, 11) is 0. The largest absolute Gasteiger partial charge is 0.319 e. The van der Waals surface area contributed by atoms with E-state index in [0.717, 1.165) is 22.5 Å². The first-order chi connectivity index (χ1) is 16.4. The molecule has 0 fully saturated rings. The van der Waals surface area contributed by atoms with Gasteiger partial charge >= 0.3 is 0 Å². The third-order valence-corrected chi connectivity index (χ3v) is 5.89. The molecule has 5 rings (SSSR count). The number of hydrogen-bond acceptors (Lipinski definition) is 4. The highest BCUT2D eigenvalue weighted by molar-refractivity contribution is 6.08. The lowest BCUT2D eigenvalue weighted by Gasteiger charge is -2.08. The molecule has 0 unspecified atom stereocenters. The van der Waals surface area contributed by atoms with Gasteiger partial charge in [0.1, 0.15) is 11.4 Å². The number of hydrogen-bond donors (Lipinski definition) is 1. The lowest BCUT2D eigenvalue weighted by molar-refractivity contribution is 0.102. The van der Waals surface area contributed by atoms with Crippen LogP contribution in [0.2, 0.25) is 0 Å².